The molecule has 0 atom stereocenters. The lowest BCUT2D eigenvalue weighted by Gasteiger charge is -2.11. The molecule has 0 amide bonds. The fourth-order valence-electron chi connectivity index (χ4n) is 2.47. The fraction of sp³-hybridized carbons (Fsp3) is 0.0526. The zero-order valence-corrected chi connectivity index (χ0v) is 14.7. The Hall–Kier alpha value is -2.30. The molecule has 0 aliphatic rings. The first-order valence-corrected chi connectivity index (χ1v) is 9.20. The summed E-state index contributed by atoms with van der Waals surface area (Å²) in [5.41, 5.74) is 2.03. The summed E-state index contributed by atoms with van der Waals surface area (Å²) < 4.78 is 27.8. The molecule has 3 aromatic rings. The first kappa shape index (κ1) is 16.6. The average Bonchev–Trinajstić information content (AvgIpc) is 2.53. The van der Waals surface area contributed by atoms with Crippen molar-refractivity contribution in [3.05, 3.63) is 77.8 Å². The van der Waals surface area contributed by atoms with Crippen LogP contribution in [0.25, 0.3) is 16.3 Å². The molecular weight excluding hydrogens is 342 g/mol. The molecule has 3 nitrogen and oxygen atoms in total. The van der Waals surface area contributed by atoms with Crippen molar-refractivity contribution >= 4 is 43.7 Å². The van der Waals surface area contributed by atoms with Crippen molar-refractivity contribution in [3.63, 3.8) is 0 Å². The molecule has 3 rings (SSSR count). The van der Waals surface area contributed by atoms with E-state index >= 15 is 0 Å². The summed E-state index contributed by atoms with van der Waals surface area (Å²) in [5, 5.41) is 2.32. The number of anilines is 1. The number of rotatable bonds is 4. The molecule has 1 N–H and O–H groups in total. The zero-order chi connectivity index (χ0) is 17.3. The topological polar surface area (TPSA) is 46.2 Å². The minimum atomic E-state index is -3.69. The third-order valence-corrected chi connectivity index (χ3v) is 5.40. The summed E-state index contributed by atoms with van der Waals surface area (Å²) in [6, 6.07) is 17.7. The van der Waals surface area contributed by atoms with Crippen molar-refractivity contribution in [2.45, 2.75) is 11.8 Å². The molecule has 0 fully saturated rings. The van der Waals surface area contributed by atoms with Gasteiger partial charge in [-0.15, -0.1) is 0 Å². The number of nitrogens with one attached hydrogen (secondary N) is 1. The Labute approximate surface area is 146 Å². The monoisotopic (exact) mass is 357 g/mol. The van der Waals surface area contributed by atoms with Crippen LogP contribution in [0.15, 0.2) is 72.1 Å². The fourth-order valence-corrected chi connectivity index (χ4v) is 3.90. The van der Waals surface area contributed by atoms with Crippen LogP contribution in [0.1, 0.15) is 12.5 Å². The Morgan fingerprint density at radius 3 is 2.38 bits per heavy atom. The van der Waals surface area contributed by atoms with Crippen molar-refractivity contribution in [3.8, 4) is 0 Å². The third-order valence-electron chi connectivity index (χ3n) is 3.71. The first-order valence-electron chi connectivity index (χ1n) is 7.34. The highest BCUT2D eigenvalue weighted by molar-refractivity contribution is 7.92. The second-order valence-electron chi connectivity index (χ2n) is 5.59. The molecule has 5 heteroatoms. The molecule has 0 aliphatic carbocycles. The van der Waals surface area contributed by atoms with Crippen LogP contribution in [0.5, 0.6) is 0 Å². The van der Waals surface area contributed by atoms with Gasteiger partial charge in [-0.3, -0.25) is 4.72 Å². The summed E-state index contributed by atoms with van der Waals surface area (Å²) in [6.45, 7) is 5.69. The molecule has 0 bridgehead atoms. The average molecular weight is 358 g/mol. The van der Waals surface area contributed by atoms with Gasteiger partial charge in [0.15, 0.2) is 0 Å². The highest BCUT2D eigenvalue weighted by atomic mass is 35.5. The molecule has 0 heterocycles. The molecule has 122 valence electrons. The number of fused-ring (bicyclic) bond motifs is 1. The SMILES string of the molecule is C=C(C)c1ccc(NS(=O)(=O)c2ccc3ccccc3c2)cc1Cl. The molecule has 0 saturated heterocycles. The van der Waals surface area contributed by atoms with Crippen molar-refractivity contribution in [2.24, 2.45) is 0 Å². The van der Waals surface area contributed by atoms with Crippen LogP contribution >= 0.6 is 11.6 Å². The highest BCUT2D eigenvalue weighted by Crippen LogP contribution is 2.27. The Morgan fingerprint density at radius 1 is 1.00 bits per heavy atom. The van der Waals surface area contributed by atoms with E-state index in [0.29, 0.717) is 10.7 Å². The smallest absolute Gasteiger partial charge is 0.261 e. The van der Waals surface area contributed by atoms with Crippen molar-refractivity contribution < 1.29 is 8.42 Å². The van der Waals surface area contributed by atoms with Crippen LogP contribution in [-0.4, -0.2) is 8.42 Å². The molecule has 0 aromatic heterocycles. The number of benzene rings is 3. The second kappa shape index (κ2) is 6.30. The Morgan fingerprint density at radius 2 is 1.71 bits per heavy atom. The number of hydrogen-bond acceptors (Lipinski definition) is 2. The van der Waals surface area contributed by atoms with E-state index in [1.165, 1.54) is 0 Å². The van der Waals surface area contributed by atoms with Gasteiger partial charge in [-0.05, 0) is 53.1 Å². The minimum absolute atomic E-state index is 0.210. The lowest BCUT2D eigenvalue weighted by Crippen LogP contribution is -2.13. The van der Waals surface area contributed by atoms with Gasteiger partial charge in [-0.1, -0.05) is 54.6 Å². The Balaban J connectivity index is 1.95. The number of hydrogen-bond donors (Lipinski definition) is 1. The normalized spacial score (nSPS) is 11.4. The van der Waals surface area contributed by atoms with Gasteiger partial charge in [-0.25, -0.2) is 8.42 Å². The molecule has 3 aromatic carbocycles. The molecule has 0 saturated carbocycles. The quantitative estimate of drug-likeness (QED) is 0.686. The van der Waals surface area contributed by atoms with Crippen LogP contribution in [0.2, 0.25) is 5.02 Å². The molecule has 0 unspecified atom stereocenters. The molecule has 24 heavy (non-hydrogen) atoms. The van der Waals surface area contributed by atoms with Gasteiger partial charge >= 0.3 is 0 Å². The lowest BCUT2D eigenvalue weighted by molar-refractivity contribution is 0.601. The standard InChI is InChI=1S/C19H16ClNO2S/c1-13(2)18-10-8-16(12-19(18)20)21-24(22,23)17-9-7-14-5-3-4-6-15(14)11-17/h3-12,21H,1H2,2H3. The van der Waals surface area contributed by atoms with Crippen LogP contribution in [0.4, 0.5) is 5.69 Å². The maximum atomic E-state index is 12.6. The Bertz CT molecular complexity index is 1040. The van der Waals surface area contributed by atoms with E-state index in [1.807, 2.05) is 31.2 Å². The predicted molar refractivity (Wildman–Crippen MR) is 101 cm³/mol. The van der Waals surface area contributed by atoms with Crippen molar-refractivity contribution in [2.75, 3.05) is 4.72 Å². The van der Waals surface area contributed by atoms with Gasteiger partial charge in [0.05, 0.1) is 15.6 Å². The van der Waals surface area contributed by atoms with E-state index in [0.717, 1.165) is 21.9 Å². The van der Waals surface area contributed by atoms with Crippen molar-refractivity contribution in [1.29, 1.82) is 0 Å². The van der Waals surface area contributed by atoms with Gasteiger partial charge in [0.25, 0.3) is 10.0 Å². The van der Waals surface area contributed by atoms with E-state index in [4.69, 9.17) is 11.6 Å². The first-order chi connectivity index (χ1) is 11.4. The van der Waals surface area contributed by atoms with Crippen LogP contribution in [0.3, 0.4) is 0 Å². The summed E-state index contributed by atoms with van der Waals surface area (Å²) in [6.07, 6.45) is 0. The maximum absolute atomic E-state index is 12.6. The van der Waals surface area contributed by atoms with Crippen LogP contribution in [0, 0.1) is 0 Å². The van der Waals surface area contributed by atoms with Gasteiger partial charge in [0, 0.05) is 0 Å². The molecule has 0 radical (unpaired) electrons. The van der Waals surface area contributed by atoms with Gasteiger partial charge < -0.3 is 0 Å². The second-order valence-corrected chi connectivity index (χ2v) is 7.68. The van der Waals surface area contributed by atoms with Gasteiger partial charge in [0.2, 0.25) is 0 Å². The minimum Gasteiger partial charge on any atom is -0.280 e. The number of allylic oxidation sites excluding steroid dienone is 1. The predicted octanol–water partition coefficient (Wildman–Crippen LogP) is 5.33. The van der Waals surface area contributed by atoms with Crippen molar-refractivity contribution in [1.82, 2.24) is 0 Å². The van der Waals surface area contributed by atoms with Crippen LogP contribution in [-0.2, 0) is 10.0 Å². The number of sulfonamides is 1. The zero-order valence-electron chi connectivity index (χ0n) is 13.1. The molecular formula is C19H16ClNO2S. The van der Waals surface area contributed by atoms with E-state index in [2.05, 4.69) is 11.3 Å². The summed E-state index contributed by atoms with van der Waals surface area (Å²) in [4.78, 5) is 0.210. The van der Waals surface area contributed by atoms with E-state index in [9.17, 15) is 8.42 Å². The molecule has 0 aliphatic heterocycles. The number of halogens is 1. The van der Waals surface area contributed by atoms with Crippen LogP contribution < -0.4 is 4.72 Å². The Kier molecular flexibility index (Phi) is 4.35. The van der Waals surface area contributed by atoms with E-state index < -0.39 is 10.0 Å². The third kappa shape index (κ3) is 3.30. The summed E-state index contributed by atoms with van der Waals surface area (Å²) in [5.74, 6) is 0. The maximum Gasteiger partial charge on any atom is 0.261 e. The van der Waals surface area contributed by atoms with Gasteiger partial charge in [0.1, 0.15) is 0 Å². The molecule has 0 spiro atoms. The highest BCUT2D eigenvalue weighted by Gasteiger charge is 2.15. The van der Waals surface area contributed by atoms with E-state index in [1.54, 1.807) is 36.4 Å². The van der Waals surface area contributed by atoms with E-state index in [-0.39, 0.29) is 4.90 Å². The van der Waals surface area contributed by atoms with Gasteiger partial charge in [-0.2, -0.15) is 0 Å². The lowest BCUT2D eigenvalue weighted by atomic mass is 10.1. The largest absolute Gasteiger partial charge is 0.280 e. The summed E-state index contributed by atoms with van der Waals surface area (Å²) in [7, 11) is -3.69. The summed E-state index contributed by atoms with van der Waals surface area (Å²) >= 11 is 6.18.